The van der Waals surface area contributed by atoms with Crippen LogP contribution in [0.3, 0.4) is 0 Å². The van der Waals surface area contributed by atoms with E-state index in [2.05, 4.69) is 4.98 Å². The van der Waals surface area contributed by atoms with Crippen LogP contribution in [-0.2, 0) is 4.74 Å². The molecule has 6 heteroatoms. The summed E-state index contributed by atoms with van der Waals surface area (Å²) >= 11 is 6.34. The molecule has 0 spiro atoms. The smallest absolute Gasteiger partial charge is 0.410 e. The molecule has 23 heavy (non-hydrogen) atoms. The Bertz CT molecular complexity index is 748. The van der Waals surface area contributed by atoms with Gasteiger partial charge < -0.3 is 14.5 Å². The summed E-state index contributed by atoms with van der Waals surface area (Å²) in [4.78, 5) is 17.4. The van der Waals surface area contributed by atoms with E-state index in [1.165, 1.54) is 0 Å². The number of ether oxygens (including phenoxy) is 2. The van der Waals surface area contributed by atoms with Crippen molar-refractivity contribution >= 4 is 28.6 Å². The second kappa shape index (κ2) is 5.64. The average molecular weight is 337 g/mol. The van der Waals surface area contributed by atoms with Crippen molar-refractivity contribution in [2.75, 3.05) is 13.2 Å². The molecule has 1 unspecified atom stereocenters. The van der Waals surface area contributed by atoms with E-state index in [9.17, 15) is 4.79 Å². The number of halogens is 1. The van der Waals surface area contributed by atoms with Crippen LogP contribution in [0.15, 0.2) is 18.3 Å². The van der Waals surface area contributed by atoms with Crippen molar-refractivity contribution in [2.45, 2.75) is 39.3 Å². The number of nitrogens with zero attached hydrogens (tertiary/aromatic N) is 1. The maximum absolute atomic E-state index is 12.6. The van der Waals surface area contributed by atoms with Crippen LogP contribution in [0.25, 0.3) is 10.9 Å². The summed E-state index contributed by atoms with van der Waals surface area (Å²) < 4.78 is 11.4. The fourth-order valence-corrected chi connectivity index (χ4v) is 3.16. The molecule has 0 bridgehead atoms. The minimum absolute atomic E-state index is 0.195. The highest BCUT2D eigenvalue weighted by atomic mass is 35.5. The summed E-state index contributed by atoms with van der Waals surface area (Å²) in [5, 5.41) is 1.52. The molecular formula is C17H21ClN2O3. The second-order valence-electron chi connectivity index (χ2n) is 6.73. The minimum atomic E-state index is -0.537. The molecule has 2 aromatic rings. The molecule has 1 aromatic heterocycles. The number of amides is 1. The topological polar surface area (TPSA) is 54.6 Å². The van der Waals surface area contributed by atoms with Crippen LogP contribution < -0.4 is 4.74 Å². The van der Waals surface area contributed by atoms with E-state index in [-0.39, 0.29) is 12.1 Å². The first-order valence-electron chi connectivity index (χ1n) is 7.70. The van der Waals surface area contributed by atoms with Gasteiger partial charge in [-0.2, -0.15) is 0 Å². The van der Waals surface area contributed by atoms with Gasteiger partial charge in [0.2, 0.25) is 0 Å². The zero-order valence-electron chi connectivity index (χ0n) is 13.8. The maximum Gasteiger partial charge on any atom is 0.410 e. The largest absolute Gasteiger partial charge is 0.491 e. The lowest BCUT2D eigenvalue weighted by Crippen LogP contribution is -2.39. The lowest BCUT2D eigenvalue weighted by atomic mass is 10.0. The van der Waals surface area contributed by atoms with Gasteiger partial charge in [-0.15, -0.1) is 0 Å². The highest BCUT2D eigenvalue weighted by Crippen LogP contribution is 2.40. The molecule has 2 heterocycles. The standard InChI is InChI=1S/C17H21ClN2O3/c1-10-14-13(6-5-12-15(14)11(18)9-19-12)22-8-7-20(10)16(21)23-17(2,3)4/h5-6,9-10,19H,7-8H2,1-4H3. The Morgan fingerprint density at radius 1 is 1.43 bits per heavy atom. The predicted octanol–water partition coefficient (Wildman–Crippen LogP) is 4.51. The summed E-state index contributed by atoms with van der Waals surface area (Å²) in [6, 6.07) is 3.66. The predicted molar refractivity (Wildman–Crippen MR) is 90.2 cm³/mol. The zero-order valence-corrected chi connectivity index (χ0v) is 14.5. The highest BCUT2D eigenvalue weighted by molar-refractivity contribution is 6.36. The molecule has 0 aliphatic carbocycles. The molecule has 0 saturated heterocycles. The molecule has 0 radical (unpaired) electrons. The number of benzene rings is 1. The number of carbonyl (C=O) groups excluding carboxylic acids is 1. The van der Waals surface area contributed by atoms with E-state index in [4.69, 9.17) is 21.1 Å². The van der Waals surface area contributed by atoms with Crippen molar-refractivity contribution < 1.29 is 14.3 Å². The third kappa shape index (κ3) is 2.98. The van der Waals surface area contributed by atoms with Gasteiger partial charge >= 0.3 is 6.09 Å². The number of hydrogen-bond donors (Lipinski definition) is 1. The summed E-state index contributed by atoms with van der Waals surface area (Å²) in [5.74, 6) is 0.762. The Hall–Kier alpha value is -1.88. The Labute approximate surface area is 140 Å². The summed E-state index contributed by atoms with van der Waals surface area (Å²) in [7, 11) is 0. The van der Waals surface area contributed by atoms with E-state index < -0.39 is 5.60 Å². The van der Waals surface area contributed by atoms with E-state index in [1.54, 1.807) is 11.1 Å². The normalized spacial score (nSPS) is 18.3. The van der Waals surface area contributed by atoms with Gasteiger partial charge in [-0.05, 0) is 39.8 Å². The van der Waals surface area contributed by atoms with Gasteiger partial charge in [0.1, 0.15) is 18.0 Å². The molecule has 1 atom stereocenters. The number of hydrogen-bond acceptors (Lipinski definition) is 3. The van der Waals surface area contributed by atoms with Crippen molar-refractivity contribution in [2.24, 2.45) is 0 Å². The van der Waals surface area contributed by atoms with E-state index in [0.717, 1.165) is 22.2 Å². The summed E-state index contributed by atoms with van der Waals surface area (Å²) in [6.07, 6.45) is 1.41. The molecule has 0 fully saturated rings. The molecule has 1 N–H and O–H groups in total. The summed E-state index contributed by atoms with van der Waals surface area (Å²) in [6.45, 7) is 8.44. The molecule has 124 valence electrons. The maximum atomic E-state index is 12.6. The first-order chi connectivity index (χ1) is 10.8. The van der Waals surface area contributed by atoms with Crippen molar-refractivity contribution in [1.82, 2.24) is 9.88 Å². The van der Waals surface area contributed by atoms with Crippen LogP contribution in [0.4, 0.5) is 4.79 Å². The van der Waals surface area contributed by atoms with Gasteiger partial charge in [0.25, 0.3) is 0 Å². The number of H-pyrrole nitrogens is 1. The number of aromatic amines is 1. The molecule has 0 saturated carbocycles. The zero-order chi connectivity index (χ0) is 16.8. The molecule has 1 aromatic carbocycles. The van der Waals surface area contributed by atoms with E-state index in [1.807, 2.05) is 39.8 Å². The molecule has 1 aliphatic heterocycles. The van der Waals surface area contributed by atoms with Crippen molar-refractivity contribution in [3.8, 4) is 5.75 Å². The van der Waals surface area contributed by atoms with Crippen LogP contribution in [0, 0.1) is 0 Å². The van der Waals surface area contributed by atoms with Gasteiger partial charge in [-0.1, -0.05) is 11.6 Å². The molecule has 3 rings (SSSR count). The molecule has 1 aliphatic rings. The molecular weight excluding hydrogens is 316 g/mol. The Morgan fingerprint density at radius 3 is 2.87 bits per heavy atom. The quantitative estimate of drug-likeness (QED) is 0.770. The highest BCUT2D eigenvalue weighted by Gasteiger charge is 2.32. The summed E-state index contributed by atoms with van der Waals surface area (Å²) in [5.41, 5.74) is 1.30. The Morgan fingerprint density at radius 2 is 2.17 bits per heavy atom. The minimum Gasteiger partial charge on any atom is -0.491 e. The van der Waals surface area contributed by atoms with Gasteiger partial charge in [0.05, 0.1) is 17.6 Å². The fourth-order valence-electron chi connectivity index (χ4n) is 2.91. The Kier molecular flexibility index (Phi) is 3.92. The lowest BCUT2D eigenvalue weighted by molar-refractivity contribution is 0.0168. The van der Waals surface area contributed by atoms with Crippen LogP contribution in [0.2, 0.25) is 5.02 Å². The second-order valence-corrected chi connectivity index (χ2v) is 7.14. The third-order valence-corrected chi connectivity index (χ3v) is 4.20. The number of carbonyl (C=O) groups is 1. The SMILES string of the molecule is CC1c2c(ccc3[nH]cc(Cl)c23)OCCN1C(=O)OC(C)(C)C. The van der Waals surface area contributed by atoms with Crippen LogP contribution >= 0.6 is 11.6 Å². The van der Waals surface area contributed by atoms with Crippen molar-refractivity contribution in [1.29, 1.82) is 0 Å². The van der Waals surface area contributed by atoms with Crippen LogP contribution in [-0.4, -0.2) is 34.7 Å². The number of aromatic nitrogens is 1. The van der Waals surface area contributed by atoms with Crippen molar-refractivity contribution in [3.63, 3.8) is 0 Å². The molecule has 5 nitrogen and oxygen atoms in total. The number of fused-ring (bicyclic) bond motifs is 3. The number of nitrogens with one attached hydrogen (secondary N) is 1. The molecule has 1 amide bonds. The van der Waals surface area contributed by atoms with E-state index in [0.29, 0.717) is 18.2 Å². The fraction of sp³-hybridized carbons (Fsp3) is 0.471. The first-order valence-corrected chi connectivity index (χ1v) is 8.07. The Balaban J connectivity index is 2.05. The number of rotatable bonds is 0. The van der Waals surface area contributed by atoms with Crippen LogP contribution in [0.1, 0.15) is 39.3 Å². The van der Waals surface area contributed by atoms with Gasteiger partial charge in [-0.25, -0.2) is 4.79 Å². The van der Waals surface area contributed by atoms with Gasteiger partial charge in [-0.3, -0.25) is 4.90 Å². The van der Waals surface area contributed by atoms with E-state index >= 15 is 0 Å². The van der Waals surface area contributed by atoms with Crippen molar-refractivity contribution in [3.05, 3.63) is 28.9 Å². The monoisotopic (exact) mass is 336 g/mol. The van der Waals surface area contributed by atoms with Crippen LogP contribution in [0.5, 0.6) is 5.75 Å². The lowest BCUT2D eigenvalue weighted by Gasteiger charge is -2.30. The first kappa shape index (κ1) is 16.0. The van der Waals surface area contributed by atoms with Gasteiger partial charge in [0, 0.05) is 22.7 Å². The van der Waals surface area contributed by atoms with Gasteiger partial charge in [0.15, 0.2) is 0 Å². The average Bonchev–Trinajstić information content (AvgIpc) is 2.73. The third-order valence-electron chi connectivity index (χ3n) is 3.90.